The molecule has 1 unspecified atom stereocenters. The molecule has 0 saturated heterocycles. The molecule has 0 spiro atoms. The van der Waals surface area contributed by atoms with Gasteiger partial charge in [-0.3, -0.25) is 4.79 Å². The lowest BCUT2D eigenvalue weighted by Gasteiger charge is -2.25. The van der Waals surface area contributed by atoms with Crippen LogP contribution in [0.15, 0.2) is 24.3 Å². The number of nitrogens with zero attached hydrogens (tertiary/aromatic N) is 1. The largest absolute Gasteiger partial charge is 0.488 e. The highest BCUT2D eigenvalue weighted by Crippen LogP contribution is 2.33. The molecule has 0 saturated carbocycles. The molecule has 2 rings (SSSR count). The number of carbonyl (C=O) groups is 1. The van der Waals surface area contributed by atoms with E-state index in [1.807, 2.05) is 49.9 Å². The fraction of sp³-hybridized carbons (Fsp3) is 0.462. The second-order valence-corrected chi connectivity index (χ2v) is 4.46. The number of carbonyl (C=O) groups excluding carboxylic acids is 1. The smallest absolute Gasteiger partial charge is 0.231 e. The van der Waals surface area contributed by atoms with Crippen molar-refractivity contribution in [1.29, 1.82) is 0 Å². The lowest BCUT2D eigenvalue weighted by Crippen LogP contribution is -2.37. The molecule has 86 valence electrons. The fourth-order valence-corrected chi connectivity index (χ4v) is 2.06. The molecule has 3 heteroatoms. The minimum atomic E-state index is -0.0580. The standard InChI is InChI=1S/C13H17NO2/c1-9(2)14-11-6-4-5-7-12(11)16-10(3)8-13(14)15/h4-7,9-10H,8H2,1-3H3. The average Bonchev–Trinajstić information content (AvgIpc) is 2.31. The summed E-state index contributed by atoms with van der Waals surface area (Å²) in [6, 6.07) is 7.87. The van der Waals surface area contributed by atoms with E-state index in [1.165, 1.54) is 0 Å². The highest BCUT2D eigenvalue weighted by Gasteiger charge is 2.27. The van der Waals surface area contributed by atoms with Crippen LogP contribution in [0.25, 0.3) is 0 Å². The monoisotopic (exact) mass is 219 g/mol. The molecule has 0 radical (unpaired) electrons. The highest BCUT2D eigenvalue weighted by atomic mass is 16.5. The topological polar surface area (TPSA) is 29.5 Å². The van der Waals surface area contributed by atoms with Crippen molar-refractivity contribution in [2.45, 2.75) is 39.3 Å². The molecule has 1 aromatic rings. The molecule has 0 aromatic heterocycles. The summed E-state index contributed by atoms with van der Waals surface area (Å²) in [5.74, 6) is 0.932. The van der Waals surface area contributed by atoms with Crippen molar-refractivity contribution < 1.29 is 9.53 Å². The molecule has 1 heterocycles. The first kappa shape index (κ1) is 11.0. The average molecular weight is 219 g/mol. The van der Waals surface area contributed by atoms with Crippen LogP contribution in [0.2, 0.25) is 0 Å². The zero-order chi connectivity index (χ0) is 11.7. The second-order valence-electron chi connectivity index (χ2n) is 4.46. The van der Waals surface area contributed by atoms with E-state index < -0.39 is 0 Å². The number of para-hydroxylation sites is 2. The van der Waals surface area contributed by atoms with E-state index in [2.05, 4.69) is 0 Å². The summed E-state index contributed by atoms with van der Waals surface area (Å²) in [4.78, 5) is 13.9. The molecule has 16 heavy (non-hydrogen) atoms. The van der Waals surface area contributed by atoms with Crippen molar-refractivity contribution in [1.82, 2.24) is 0 Å². The van der Waals surface area contributed by atoms with Crippen molar-refractivity contribution in [2.75, 3.05) is 4.90 Å². The summed E-state index contributed by atoms with van der Waals surface area (Å²) in [6.45, 7) is 5.97. The molecular weight excluding hydrogens is 202 g/mol. The Morgan fingerprint density at radius 2 is 2.06 bits per heavy atom. The number of benzene rings is 1. The number of ether oxygens (including phenoxy) is 1. The number of hydrogen-bond donors (Lipinski definition) is 0. The van der Waals surface area contributed by atoms with Gasteiger partial charge in [-0.1, -0.05) is 12.1 Å². The number of rotatable bonds is 1. The van der Waals surface area contributed by atoms with Crippen molar-refractivity contribution in [2.24, 2.45) is 0 Å². The molecule has 1 aliphatic heterocycles. The maximum Gasteiger partial charge on any atom is 0.231 e. The molecule has 1 aliphatic rings. The van der Waals surface area contributed by atoms with E-state index >= 15 is 0 Å². The summed E-state index contributed by atoms with van der Waals surface area (Å²) in [5, 5.41) is 0. The van der Waals surface area contributed by atoms with E-state index in [0.717, 1.165) is 11.4 Å². The first-order valence-corrected chi connectivity index (χ1v) is 5.67. The zero-order valence-corrected chi connectivity index (χ0v) is 9.93. The van der Waals surface area contributed by atoms with Crippen LogP contribution in [0.3, 0.4) is 0 Å². The summed E-state index contributed by atoms with van der Waals surface area (Å²) in [6.07, 6.45) is 0.379. The van der Waals surface area contributed by atoms with Crippen LogP contribution in [-0.4, -0.2) is 18.1 Å². The van der Waals surface area contributed by atoms with E-state index in [-0.39, 0.29) is 18.1 Å². The van der Waals surface area contributed by atoms with Gasteiger partial charge in [-0.2, -0.15) is 0 Å². The van der Waals surface area contributed by atoms with Gasteiger partial charge in [0.2, 0.25) is 5.91 Å². The number of fused-ring (bicyclic) bond motifs is 1. The van der Waals surface area contributed by atoms with E-state index in [1.54, 1.807) is 0 Å². The van der Waals surface area contributed by atoms with Gasteiger partial charge in [0.1, 0.15) is 11.9 Å². The predicted molar refractivity (Wildman–Crippen MR) is 63.8 cm³/mol. The van der Waals surface area contributed by atoms with Gasteiger partial charge in [0.25, 0.3) is 0 Å². The summed E-state index contributed by atoms with van der Waals surface area (Å²) < 4.78 is 5.75. The molecule has 1 atom stereocenters. The Kier molecular flexibility index (Phi) is 2.86. The van der Waals surface area contributed by atoms with Crippen LogP contribution in [0, 0.1) is 0 Å². The van der Waals surface area contributed by atoms with Crippen molar-refractivity contribution in [3.8, 4) is 5.75 Å². The van der Waals surface area contributed by atoms with Crippen molar-refractivity contribution >= 4 is 11.6 Å². The molecule has 0 aliphatic carbocycles. The van der Waals surface area contributed by atoms with Gasteiger partial charge in [0.15, 0.2) is 0 Å². The third-order valence-electron chi connectivity index (χ3n) is 2.70. The third-order valence-corrected chi connectivity index (χ3v) is 2.70. The van der Waals surface area contributed by atoms with Crippen LogP contribution in [0.4, 0.5) is 5.69 Å². The number of hydrogen-bond acceptors (Lipinski definition) is 2. The molecule has 0 N–H and O–H groups in total. The summed E-state index contributed by atoms with van der Waals surface area (Å²) in [5.41, 5.74) is 0.881. The van der Waals surface area contributed by atoms with Gasteiger partial charge in [-0.05, 0) is 32.9 Å². The lowest BCUT2D eigenvalue weighted by atomic mass is 10.2. The third kappa shape index (κ3) is 1.90. The Hall–Kier alpha value is -1.51. The van der Waals surface area contributed by atoms with E-state index in [9.17, 15) is 4.79 Å². The Labute approximate surface area is 96.0 Å². The first-order valence-electron chi connectivity index (χ1n) is 5.67. The van der Waals surface area contributed by atoms with Gasteiger partial charge in [-0.15, -0.1) is 0 Å². The maximum absolute atomic E-state index is 12.1. The van der Waals surface area contributed by atoms with Gasteiger partial charge in [-0.25, -0.2) is 0 Å². The minimum Gasteiger partial charge on any atom is -0.488 e. The Bertz CT molecular complexity index is 401. The molecule has 0 bridgehead atoms. The normalized spacial score (nSPS) is 20.4. The van der Waals surface area contributed by atoms with Crippen LogP contribution < -0.4 is 9.64 Å². The quantitative estimate of drug-likeness (QED) is 0.726. The summed E-state index contributed by atoms with van der Waals surface area (Å²) in [7, 11) is 0. The van der Waals surface area contributed by atoms with Gasteiger partial charge in [0.05, 0.1) is 12.1 Å². The minimum absolute atomic E-state index is 0.0580. The van der Waals surface area contributed by atoms with E-state index in [0.29, 0.717) is 6.42 Å². The van der Waals surface area contributed by atoms with E-state index in [4.69, 9.17) is 4.74 Å². The van der Waals surface area contributed by atoms with Crippen LogP contribution in [0.5, 0.6) is 5.75 Å². The molecule has 1 aromatic carbocycles. The summed E-state index contributed by atoms with van der Waals surface area (Å²) >= 11 is 0. The van der Waals surface area contributed by atoms with Gasteiger partial charge < -0.3 is 9.64 Å². The number of anilines is 1. The maximum atomic E-state index is 12.1. The molecule has 0 fully saturated rings. The Morgan fingerprint density at radius 3 is 2.75 bits per heavy atom. The Balaban J connectivity index is 2.49. The SMILES string of the molecule is CC1CC(=O)N(C(C)C)c2ccccc2O1. The highest BCUT2D eigenvalue weighted by molar-refractivity contribution is 5.96. The zero-order valence-electron chi connectivity index (χ0n) is 9.93. The lowest BCUT2D eigenvalue weighted by molar-refractivity contribution is -0.119. The van der Waals surface area contributed by atoms with Crippen LogP contribution in [0.1, 0.15) is 27.2 Å². The van der Waals surface area contributed by atoms with Gasteiger partial charge in [0, 0.05) is 6.04 Å². The van der Waals surface area contributed by atoms with Crippen LogP contribution >= 0.6 is 0 Å². The molecule has 1 amide bonds. The first-order chi connectivity index (χ1) is 7.59. The fourth-order valence-electron chi connectivity index (χ4n) is 2.06. The van der Waals surface area contributed by atoms with Crippen molar-refractivity contribution in [3.63, 3.8) is 0 Å². The second kappa shape index (κ2) is 4.16. The molecular formula is C13H17NO2. The Morgan fingerprint density at radius 1 is 1.38 bits per heavy atom. The van der Waals surface area contributed by atoms with Crippen molar-refractivity contribution in [3.05, 3.63) is 24.3 Å². The predicted octanol–water partition coefficient (Wildman–Crippen LogP) is 2.60. The van der Waals surface area contributed by atoms with Crippen LogP contribution in [-0.2, 0) is 4.79 Å². The number of amides is 1. The van der Waals surface area contributed by atoms with Gasteiger partial charge >= 0.3 is 0 Å². The molecule has 3 nitrogen and oxygen atoms in total.